The van der Waals surface area contributed by atoms with Crippen molar-refractivity contribution in [2.45, 2.75) is 26.8 Å². The van der Waals surface area contributed by atoms with Crippen molar-refractivity contribution in [3.8, 4) is 11.5 Å². The van der Waals surface area contributed by atoms with Crippen LogP contribution in [0.1, 0.15) is 31.4 Å². The van der Waals surface area contributed by atoms with E-state index in [0.29, 0.717) is 43.5 Å². The highest BCUT2D eigenvalue weighted by Crippen LogP contribution is 2.33. The van der Waals surface area contributed by atoms with Gasteiger partial charge in [0.25, 0.3) is 11.5 Å². The van der Waals surface area contributed by atoms with Crippen molar-refractivity contribution in [2.24, 2.45) is 0 Å². The molecular formula is C26H26ClN3O4S. The van der Waals surface area contributed by atoms with Crippen LogP contribution in [0.2, 0.25) is 5.02 Å². The minimum Gasteiger partial charge on any atom is -0.454 e. The van der Waals surface area contributed by atoms with Gasteiger partial charge in [-0.05, 0) is 68.0 Å². The zero-order valence-corrected chi connectivity index (χ0v) is 21.2. The fourth-order valence-corrected chi connectivity index (χ4v) is 5.77. The highest BCUT2D eigenvalue weighted by molar-refractivity contribution is 7.07. The van der Waals surface area contributed by atoms with Gasteiger partial charge in [-0.2, -0.15) is 0 Å². The first kappa shape index (κ1) is 23.7. The lowest BCUT2D eigenvalue weighted by atomic mass is 10.1. The number of hydrogen-bond donors (Lipinski definition) is 1. The van der Waals surface area contributed by atoms with Crippen molar-refractivity contribution in [3.05, 3.63) is 72.1 Å². The van der Waals surface area contributed by atoms with Gasteiger partial charge in [0.1, 0.15) is 4.66 Å². The maximum atomic E-state index is 13.6. The van der Waals surface area contributed by atoms with E-state index in [4.69, 9.17) is 21.1 Å². The van der Waals surface area contributed by atoms with Gasteiger partial charge in [-0.15, -0.1) is 11.3 Å². The molecule has 1 aromatic heterocycles. The molecule has 2 aliphatic rings. The molecule has 3 heterocycles. The number of benzene rings is 2. The molecule has 0 radical (unpaired) electrons. The number of nitrogens with zero attached hydrogens (tertiary/aromatic N) is 2. The van der Waals surface area contributed by atoms with Gasteiger partial charge in [-0.3, -0.25) is 14.2 Å². The first-order valence-corrected chi connectivity index (χ1v) is 12.9. The van der Waals surface area contributed by atoms with Gasteiger partial charge < -0.3 is 19.7 Å². The van der Waals surface area contributed by atoms with Crippen LogP contribution < -0.4 is 29.5 Å². The Balaban J connectivity index is 1.65. The lowest BCUT2D eigenvalue weighted by Gasteiger charge is -2.17. The summed E-state index contributed by atoms with van der Waals surface area (Å²) in [5, 5.41) is 3.45. The number of carbonyl (C=O) groups is 1. The minimum absolute atomic E-state index is 0.113. The molecule has 0 unspecified atom stereocenters. The average molecular weight is 512 g/mol. The fraction of sp³-hybridized carbons (Fsp3) is 0.308. The molecule has 2 aromatic carbocycles. The van der Waals surface area contributed by atoms with E-state index in [9.17, 15) is 9.59 Å². The SMILES string of the molecule is CCN(CC)CCCn1c(=O)/c(=C/c2ccc3c(c2)OCO3)s/c1=C1/C(=O)Nc2ccc(Cl)cc21. The summed E-state index contributed by atoms with van der Waals surface area (Å²) in [5.74, 6) is 1.12. The predicted octanol–water partition coefficient (Wildman–Crippen LogP) is 3.00. The second kappa shape index (κ2) is 9.89. The molecule has 1 N–H and O–H groups in total. The molecule has 2 aliphatic heterocycles. The molecule has 35 heavy (non-hydrogen) atoms. The molecule has 9 heteroatoms. The van der Waals surface area contributed by atoms with Crippen LogP contribution in [0.15, 0.2) is 41.2 Å². The third kappa shape index (κ3) is 4.61. The van der Waals surface area contributed by atoms with E-state index < -0.39 is 0 Å². The van der Waals surface area contributed by atoms with Crippen LogP contribution in [0.4, 0.5) is 5.69 Å². The van der Waals surface area contributed by atoms with Crippen molar-refractivity contribution in [3.63, 3.8) is 0 Å². The van der Waals surface area contributed by atoms with Gasteiger partial charge in [0, 0.05) is 22.8 Å². The summed E-state index contributed by atoms with van der Waals surface area (Å²) < 4.78 is 13.8. The lowest BCUT2D eigenvalue weighted by Crippen LogP contribution is -2.34. The summed E-state index contributed by atoms with van der Waals surface area (Å²) in [6, 6.07) is 10.9. The molecule has 5 rings (SSSR count). The Labute approximate surface area is 211 Å². The normalized spacial score (nSPS) is 16.2. The zero-order valence-electron chi connectivity index (χ0n) is 19.6. The number of anilines is 1. The molecule has 0 aliphatic carbocycles. The number of fused-ring (bicyclic) bond motifs is 2. The Hall–Kier alpha value is -3.07. The lowest BCUT2D eigenvalue weighted by molar-refractivity contribution is -0.110. The molecule has 7 nitrogen and oxygen atoms in total. The summed E-state index contributed by atoms with van der Waals surface area (Å²) in [6.07, 6.45) is 2.64. The average Bonchev–Trinajstić information content (AvgIpc) is 3.52. The summed E-state index contributed by atoms with van der Waals surface area (Å²) in [4.78, 5) is 28.9. The molecule has 0 fully saturated rings. The molecule has 0 saturated carbocycles. The molecule has 182 valence electrons. The molecule has 3 aromatic rings. The minimum atomic E-state index is -0.226. The van der Waals surface area contributed by atoms with Crippen molar-refractivity contribution in [1.82, 2.24) is 9.47 Å². The number of aromatic nitrogens is 1. The standard InChI is InChI=1S/C26H26ClN3O4S/c1-3-29(4-2)10-5-11-30-25(32)22(13-16-6-9-20-21(12-16)34-15-33-20)35-26(30)23-18-14-17(27)7-8-19(18)28-24(23)31/h6-9,12-14H,3-5,10-11,15H2,1-2H3,(H,28,31)/b22-13-,26-23+. The largest absolute Gasteiger partial charge is 0.454 e. The monoisotopic (exact) mass is 511 g/mol. The molecule has 0 atom stereocenters. The summed E-state index contributed by atoms with van der Waals surface area (Å²) in [5.41, 5.74) is 2.62. The predicted molar refractivity (Wildman–Crippen MR) is 139 cm³/mol. The van der Waals surface area contributed by atoms with Gasteiger partial charge in [0.05, 0.1) is 10.1 Å². The summed E-state index contributed by atoms with van der Waals surface area (Å²) in [7, 11) is 0. The highest BCUT2D eigenvalue weighted by atomic mass is 35.5. The van der Waals surface area contributed by atoms with Crippen molar-refractivity contribution in [2.75, 3.05) is 31.7 Å². The van der Waals surface area contributed by atoms with E-state index in [1.165, 1.54) is 11.3 Å². The topological polar surface area (TPSA) is 72.8 Å². The third-order valence-corrected chi connectivity index (χ3v) is 7.66. The van der Waals surface area contributed by atoms with E-state index in [1.807, 2.05) is 24.3 Å². The van der Waals surface area contributed by atoms with E-state index >= 15 is 0 Å². The Bertz CT molecular complexity index is 1470. The Morgan fingerprint density at radius 3 is 2.71 bits per heavy atom. The molecular weight excluding hydrogens is 486 g/mol. The number of thiazole rings is 1. The van der Waals surface area contributed by atoms with Gasteiger partial charge in [0.15, 0.2) is 11.5 Å². The molecule has 0 bridgehead atoms. The third-order valence-electron chi connectivity index (χ3n) is 6.29. The highest BCUT2D eigenvalue weighted by Gasteiger charge is 2.27. The van der Waals surface area contributed by atoms with Crippen molar-refractivity contribution >= 4 is 46.2 Å². The van der Waals surface area contributed by atoms with Crippen LogP contribution in [0, 0.1) is 0 Å². The number of hydrogen-bond acceptors (Lipinski definition) is 6. The summed E-state index contributed by atoms with van der Waals surface area (Å²) >= 11 is 7.58. The Morgan fingerprint density at radius 1 is 1.11 bits per heavy atom. The zero-order chi connectivity index (χ0) is 24.5. The van der Waals surface area contributed by atoms with Gasteiger partial charge >= 0.3 is 0 Å². The number of halogens is 1. The Morgan fingerprint density at radius 2 is 1.91 bits per heavy atom. The van der Waals surface area contributed by atoms with E-state index in [0.717, 1.165) is 37.2 Å². The smallest absolute Gasteiger partial charge is 0.269 e. The first-order valence-electron chi connectivity index (χ1n) is 11.7. The van der Waals surface area contributed by atoms with Crippen LogP contribution in [0.5, 0.6) is 11.5 Å². The van der Waals surface area contributed by atoms with Gasteiger partial charge in [-0.25, -0.2) is 0 Å². The second-order valence-electron chi connectivity index (χ2n) is 8.38. The van der Waals surface area contributed by atoms with Crippen LogP contribution in [0.25, 0.3) is 11.6 Å². The first-order chi connectivity index (χ1) is 17.0. The number of carbonyl (C=O) groups excluding carboxylic acids is 1. The number of nitrogens with one attached hydrogen (secondary N) is 1. The summed E-state index contributed by atoms with van der Waals surface area (Å²) in [6.45, 7) is 7.75. The van der Waals surface area contributed by atoms with Crippen molar-refractivity contribution < 1.29 is 14.3 Å². The fourth-order valence-electron chi connectivity index (χ4n) is 4.41. The number of rotatable bonds is 7. The molecule has 0 saturated heterocycles. The van der Waals surface area contributed by atoms with E-state index in [1.54, 1.807) is 22.8 Å². The van der Waals surface area contributed by atoms with Gasteiger partial charge in [0.2, 0.25) is 6.79 Å². The molecule has 0 spiro atoms. The van der Waals surface area contributed by atoms with Crippen molar-refractivity contribution in [1.29, 1.82) is 0 Å². The number of amides is 1. The maximum Gasteiger partial charge on any atom is 0.269 e. The Kier molecular flexibility index (Phi) is 6.69. The second-order valence-corrected chi connectivity index (χ2v) is 9.85. The number of ether oxygens (including phenoxy) is 2. The van der Waals surface area contributed by atoms with Crippen LogP contribution in [-0.4, -0.2) is 41.8 Å². The quantitative estimate of drug-likeness (QED) is 0.528. The van der Waals surface area contributed by atoms with Crippen LogP contribution in [0.3, 0.4) is 0 Å². The van der Waals surface area contributed by atoms with E-state index in [2.05, 4.69) is 24.1 Å². The molecule has 1 amide bonds. The van der Waals surface area contributed by atoms with Crippen LogP contribution >= 0.6 is 22.9 Å². The van der Waals surface area contributed by atoms with E-state index in [-0.39, 0.29) is 18.3 Å². The van der Waals surface area contributed by atoms with Crippen LogP contribution in [-0.2, 0) is 11.3 Å². The van der Waals surface area contributed by atoms with Gasteiger partial charge in [-0.1, -0.05) is 31.5 Å². The maximum absolute atomic E-state index is 13.6.